The molecule has 0 fully saturated rings. The third kappa shape index (κ3) is 4.89. The van der Waals surface area contributed by atoms with Crippen LogP contribution in [0.5, 0.6) is 0 Å². The molecule has 0 radical (unpaired) electrons. The van der Waals surface area contributed by atoms with Crippen molar-refractivity contribution in [3.63, 3.8) is 0 Å². The Hall–Kier alpha value is -1.51. The first kappa shape index (κ1) is 13.6. The van der Waals surface area contributed by atoms with Gasteiger partial charge in [-0.05, 0) is 18.4 Å². The lowest BCUT2D eigenvalue weighted by Gasteiger charge is -2.22. The summed E-state index contributed by atoms with van der Waals surface area (Å²) in [6, 6.07) is 10.6. The minimum Gasteiger partial charge on any atom is -0.349 e. The Labute approximate surface area is 105 Å². The molecule has 0 saturated heterocycles. The van der Waals surface area contributed by atoms with E-state index in [2.05, 4.69) is 35.3 Å². The molecule has 0 N–H and O–H groups in total. The van der Waals surface area contributed by atoms with Crippen LogP contribution in [0.25, 0.3) is 0 Å². The van der Waals surface area contributed by atoms with Crippen LogP contribution >= 0.6 is 0 Å². The van der Waals surface area contributed by atoms with E-state index < -0.39 is 0 Å². The monoisotopic (exact) mass is 233 g/mol. The highest BCUT2D eigenvalue weighted by Crippen LogP contribution is 2.02. The van der Waals surface area contributed by atoms with E-state index in [0.29, 0.717) is 0 Å². The zero-order valence-electron chi connectivity index (χ0n) is 11.3. The summed E-state index contributed by atoms with van der Waals surface area (Å²) in [7, 11) is 8.10. The average molecular weight is 233 g/mol. The number of hydrogen-bond acceptors (Lipinski definition) is 1. The maximum Gasteiger partial charge on any atom is 0.195 e. The van der Waals surface area contributed by atoms with E-state index >= 15 is 0 Å². The SMILES string of the molecule is CN(C)C(=NCCCc1ccccc1)N(C)C. The Morgan fingerprint density at radius 2 is 1.59 bits per heavy atom. The Balaban J connectivity index is 2.38. The van der Waals surface area contributed by atoms with Gasteiger partial charge < -0.3 is 9.80 Å². The summed E-state index contributed by atoms with van der Waals surface area (Å²) in [6.45, 7) is 0.876. The zero-order valence-corrected chi connectivity index (χ0v) is 11.3. The summed E-state index contributed by atoms with van der Waals surface area (Å²) in [6.07, 6.45) is 2.19. The summed E-state index contributed by atoms with van der Waals surface area (Å²) < 4.78 is 0. The van der Waals surface area contributed by atoms with Crippen molar-refractivity contribution < 1.29 is 0 Å². The first-order valence-corrected chi connectivity index (χ1v) is 6.04. The highest BCUT2D eigenvalue weighted by molar-refractivity contribution is 5.79. The number of nitrogens with zero attached hydrogens (tertiary/aromatic N) is 3. The van der Waals surface area contributed by atoms with Gasteiger partial charge in [-0.25, -0.2) is 0 Å². The van der Waals surface area contributed by atoms with Crippen molar-refractivity contribution in [3.05, 3.63) is 35.9 Å². The molecule has 0 bridgehead atoms. The molecule has 3 nitrogen and oxygen atoms in total. The smallest absolute Gasteiger partial charge is 0.195 e. The third-order valence-electron chi connectivity index (χ3n) is 2.52. The van der Waals surface area contributed by atoms with Crippen LogP contribution < -0.4 is 0 Å². The molecule has 0 atom stereocenters. The van der Waals surface area contributed by atoms with Crippen LogP contribution in [0.4, 0.5) is 0 Å². The van der Waals surface area contributed by atoms with Crippen molar-refractivity contribution in [3.8, 4) is 0 Å². The van der Waals surface area contributed by atoms with Crippen molar-refractivity contribution >= 4 is 5.96 Å². The second-order valence-corrected chi connectivity index (χ2v) is 4.56. The largest absolute Gasteiger partial charge is 0.349 e. The topological polar surface area (TPSA) is 18.8 Å². The van der Waals surface area contributed by atoms with Gasteiger partial charge in [0, 0.05) is 34.7 Å². The maximum atomic E-state index is 4.61. The standard InChI is InChI=1S/C14H23N3/c1-16(2)14(17(3)4)15-12-8-11-13-9-6-5-7-10-13/h5-7,9-10H,8,11-12H2,1-4H3. The fourth-order valence-corrected chi connectivity index (χ4v) is 1.79. The van der Waals surface area contributed by atoms with E-state index in [9.17, 15) is 0 Å². The van der Waals surface area contributed by atoms with Crippen LogP contribution in [0, 0.1) is 0 Å². The van der Waals surface area contributed by atoms with Gasteiger partial charge >= 0.3 is 0 Å². The summed E-state index contributed by atoms with van der Waals surface area (Å²) >= 11 is 0. The number of hydrogen-bond donors (Lipinski definition) is 0. The van der Waals surface area contributed by atoms with E-state index in [0.717, 1.165) is 25.3 Å². The molecular formula is C14H23N3. The van der Waals surface area contributed by atoms with E-state index in [1.165, 1.54) is 5.56 Å². The molecule has 0 aromatic heterocycles. The number of rotatable bonds is 4. The minimum absolute atomic E-state index is 0.876. The molecule has 0 spiro atoms. The quantitative estimate of drug-likeness (QED) is 0.450. The average Bonchev–Trinajstić information content (AvgIpc) is 2.29. The van der Waals surface area contributed by atoms with Crippen LogP contribution in [-0.2, 0) is 6.42 Å². The normalized spacial score (nSPS) is 9.88. The molecule has 0 aliphatic rings. The van der Waals surface area contributed by atoms with Gasteiger partial charge in [0.05, 0.1) is 0 Å². The Bertz CT molecular complexity index is 332. The van der Waals surface area contributed by atoms with Crippen LogP contribution in [0.3, 0.4) is 0 Å². The first-order chi connectivity index (χ1) is 8.11. The zero-order chi connectivity index (χ0) is 12.7. The lowest BCUT2D eigenvalue weighted by atomic mass is 10.1. The van der Waals surface area contributed by atoms with Crippen molar-refractivity contribution in [2.75, 3.05) is 34.7 Å². The highest BCUT2D eigenvalue weighted by Gasteiger charge is 2.02. The van der Waals surface area contributed by atoms with E-state index in [1.54, 1.807) is 0 Å². The predicted octanol–water partition coefficient (Wildman–Crippen LogP) is 2.10. The third-order valence-corrected chi connectivity index (χ3v) is 2.52. The summed E-state index contributed by atoms with van der Waals surface area (Å²) in [4.78, 5) is 8.69. The van der Waals surface area contributed by atoms with Gasteiger partial charge in [0.1, 0.15) is 0 Å². The molecule has 1 rings (SSSR count). The Morgan fingerprint density at radius 3 is 2.12 bits per heavy atom. The van der Waals surface area contributed by atoms with Crippen LogP contribution in [-0.4, -0.2) is 50.5 Å². The lowest BCUT2D eigenvalue weighted by molar-refractivity contribution is 0.479. The van der Waals surface area contributed by atoms with Crippen LogP contribution in [0.2, 0.25) is 0 Å². The van der Waals surface area contributed by atoms with Gasteiger partial charge in [-0.15, -0.1) is 0 Å². The second-order valence-electron chi connectivity index (χ2n) is 4.56. The molecule has 17 heavy (non-hydrogen) atoms. The van der Waals surface area contributed by atoms with E-state index in [4.69, 9.17) is 0 Å². The molecule has 1 aromatic rings. The van der Waals surface area contributed by atoms with E-state index in [1.807, 2.05) is 38.0 Å². The van der Waals surface area contributed by atoms with Crippen molar-refractivity contribution in [2.45, 2.75) is 12.8 Å². The Morgan fingerprint density at radius 1 is 1.00 bits per heavy atom. The van der Waals surface area contributed by atoms with Gasteiger partial charge in [-0.1, -0.05) is 30.3 Å². The molecule has 3 heteroatoms. The highest BCUT2D eigenvalue weighted by atomic mass is 15.3. The molecule has 0 unspecified atom stereocenters. The number of aliphatic imine (C=N–C) groups is 1. The first-order valence-electron chi connectivity index (χ1n) is 6.04. The summed E-state index contributed by atoms with van der Waals surface area (Å²) in [5.41, 5.74) is 1.39. The van der Waals surface area contributed by atoms with Crippen molar-refractivity contribution in [2.24, 2.45) is 4.99 Å². The lowest BCUT2D eigenvalue weighted by Crippen LogP contribution is -2.35. The number of aryl methyl sites for hydroxylation is 1. The predicted molar refractivity (Wildman–Crippen MR) is 74.4 cm³/mol. The second kappa shape index (κ2) is 6.94. The minimum atomic E-state index is 0.876. The fourth-order valence-electron chi connectivity index (χ4n) is 1.79. The molecule has 0 heterocycles. The molecular weight excluding hydrogens is 210 g/mol. The number of guanidine groups is 1. The van der Waals surface area contributed by atoms with Crippen molar-refractivity contribution in [1.82, 2.24) is 9.80 Å². The van der Waals surface area contributed by atoms with Gasteiger partial charge in [0.15, 0.2) is 5.96 Å². The van der Waals surface area contributed by atoms with Crippen molar-refractivity contribution in [1.29, 1.82) is 0 Å². The molecule has 1 aromatic carbocycles. The van der Waals surface area contributed by atoms with Crippen LogP contribution in [0.15, 0.2) is 35.3 Å². The van der Waals surface area contributed by atoms with Gasteiger partial charge in [0.2, 0.25) is 0 Å². The molecule has 0 aliphatic carbocycles. The summed E-state index contributed by atoms with van der Waals surface area (Å²) in [5.74, 6) is 1.03. The molecule has 0 amide bonds. The molecule has 94 valence electrons. The summed E-state index contributed by atoms with van der Waals surface area (Å²) in [5, 5.41) is 0. The maximum absolute atomic E-state index is 4.61. The molecule has 0 saturated carbocycles. The van der Waals surface area contributed by atoms with E-state index in [-0.39, 0.29) is 0 Å². The number of benzene rings is 1. The Kier molecular flexibility index (Phi) is 5.53. The van der Waals surface area contributed by atoms with Crippen LogP contribution in [0.1, 0.15) is 12.0 Å². The van der Waals surface area contributed by atoms with Gasteiger partial charge in [-0.2, -0.15) is 0 Å². The van der Waals surface area contributed by atoms with Gasteiger partial charge in [0.25, 0.3) is 0 Å². The fraction of sp³-hybridized carbons (Fsp3) is 0.500. The molecule has 0 aliphatic heterocycles. The van der Waals surface area contributed by atoms with Gasteiger partial charge in [-0.3, -0.25) is 4.99 Å².